The van der Waals surface area contributed by atoms with Crippen LogP contribution in [0.25, 0.3) is 0 Å². The van der Waals surface area contributed by atoms with Gasteiger partial charge in [-0.3, -0.25) is 14.8 Å². The van der Waals surface area contributed by atoms with Gasteiger partial charge in [-0.25, -0.2) is 15.2 Å². The van der Waals surface area contributed by atoms with Crippen LogP contribution in [0.5, 0.6) is 0 Å². The SMILES string of the molecule is CC(C)(C)[C@H](C(=O)NO)N1C(=O)NC(CCc2ccccc2)C1=O. The van der Waals surface area contributed by atoms with E-state index in [-0.39, 0.29) is 0 Å². The molecule has 1 aromatic rings. The number of nitrogens with one attached hydrogen (secondary N) is 2. The minimum Gasteiger partial charge on any atom is -0.326 e. The van der Waals surface area contributed by atoms with Gasteiger partial charge in [0.15, 0.2) is 0 Å². The van der Waals surface area contributed by atoms with E-state index in [9.17, 15) is 14.4 Å². The van der Waals surface area contributed by atoms with Crippen molar-refractivity contribution < 1.29 is 19.6 Å². The summed E-state index contributed by atoms with van der Waals surface area (Å²) in [4.78, 5) is 37.8. The maximum absolute atomic E-state index is 12.6. The summed E-state index contributed by atoms with van der Waals surface area (Å²) < 4.78 is 0. The first-order chi connectivity index (χ1) is 11.3. The standard InChI is InChI=1S/C17H23N3O4/c1-17(2,3)13(14(21)19-24)20-15(22)12(18-16(20)23)10-9-11-7-5-4-6-8-11/h4-8,12-13,24H,9-10H2,1-3H3,(H,18,23)(H,19,21)/t12?,13-/m0/s1. The topological polar surface area (TPSA) is 98.7 Å². The van der Waals surface area contributed by atoms with E-state index in [1.54, 1.807) is 26.3 Å². The number of hydroxylamine groups is 1. The molecule has 2 atom stereocenters. The summed E-state index contributed by atoms with van der Waals surface area (Å²) in [5.41, 5.74) is 1.90. The molecule has 1 aromatic carbocycles. The molecule has 0 bridgehead atoms. The summed E-state index contributed by atoms with van der Waals surface area (Å²) in [5, 5.41) is 11.6. The van der Waals surface area contributed by atoms with Gasteiger partial charge < -0.3 is 5.32 Å². The first kappa shape index (κ1) is 17.9. The van der Waals surface area contributed by atoms with Crippen molar-refractivity contribution in [2.45, 2.75) is 45.7 Å². The van der Waals surface area contributed by atoms with Crippen LogP contribution in [0.4, 0.5) is 4.79 Å². The molecule has 2 rings (SSSR count). The molecule has 4 amide bonds. The van der Waals surface area contributed by atoms with Gasteiger partial charge in [0.2, 0.25) is 0 Å². The van der Waals surface area contributed by atoms with Gasteiger partial charge in [-0.2, -0.15) is 0 Å². The molecular formula is C17H23N3O4. The van der Waals surface area contributed by atoms with Crippen LogP contribution in [0, 0.1) is 5.41 Å². The highest BCUT2D eigenvalue weighted by atomic mass is 16.5. The van der Waals surface area contributed by atoms with Gasteiger partial charge in [0.05, 0.1) is 0 Å². The van der Waals surface area contributed by atoms with Gasteiger partial charge in [-0.05, 0) is 23.8 Å². The smallest absolute Gasteiger partial charge is 0.325 e. The van der Waals surface area contributed by atoms with E-state index in [2.05, 4.69) is 5.32 Å². The summed E-state index contributed by atoms with van der Waals surface area (Å²) in [6.07, 6.45) is 1.08. The Morgan fingerprint density at radius 3 is 2.46 bits per heavy atom. The van der Waals surface area contributed by atoms with Crippen LogP contribution in [0.3, 0.4) is 0 Å². The molecule has 0 spiro atoms. The lowest BCUT2D eigenvalue weighted by molar-refractivity contribution is -0.144. The average molecular weight is 333 g/mol. The monoisotopic (exact) mass is 333 g/mol. The van der Waals surface area contributed by atoms with E-state index < -0.39 is 35.3 Å². The van der Waals surface area contributed by atoms with Crippen molar-refractivity contribution in [1.29, 1.82) is 0 Å². The maximum Gasteiger partial charge on any atom is 0.325 e. The fraction of sp³-hybridized carbons (Fsp3) is 0.471. The van der Waals surface area contributed by atoms with Crippen LogP contribution in [-0.2, 0) is 16.0 Å². The molecule has 0 saturated carbocycles. The molecular weight excluding hydrogens is 310 g/mol. The summed E-state index contributed by atoms with van der Waals surface area (Å²) in [7, 11) is 0. The van der Waals surface area contributed by atoms with Gasteiger partial charge >= 0.3 is 6.03 Å². The second-order valence-electron chi connectivity index (χ2n) is 6.98. The molecule has 1 heterocycles. The minimum atomic E-state index is -1.09. The number of hydrogen-bond donors (Lipinski definition) is 3. The predicted molar refractivity (Wildman–Crippen MR) is 87.1 cm³/mol. The third-order valence-corrected chi connectivity index (χ3v) is 4.05. The van der Waals surface area contributed by atoms with E-state index in [0.717, 1.165) is 10.5 Å². The number of amides is 4. The van der Waals surface area contributed by atoms with Crippen LogP contribution in [0.2, 0.25) is 0 Å². The predicted octanol–water partition coefficient (Wildman–Crippen LogP) is 1.46. The van der Waals surface area contributed by atoms with E-state index >= 15 is 0 Å². The van der Waals surface area contributed by atoms with Crippen molar-refractivity contribution in [3.05, 3.63) is 35.9 Å². The molecule has 24 heavy (non-hydrogen) atoms. The van der Waals surface area contributed by atoms with Crippen LogP contribution in [-0.4, -0.2) is 40.0 Å². The Hall–Kier alpha value is -2.41. The normalized spacial score (nSPS) is 19.2. The Morgan fingerprint density at radius 1 is 1.29 bits per heavy atom. The first-order valence-electron chi connectivity index (χ1n) is 7.87. The third-order valence-electron chi connectivity index (χ3n) is 4.05. The first-order valence-corrected chi connectivity index (χ1v) is 7.87. The second kappa shape index (κ2) is 7.00. The molecule has 1 aliphatic heterocycles. The number of hydrogen-bond acceptors (Lipinski definition) is 4. The lowest BCUT2D eigenvalue weighted by Gasteiger charge is -2.34. The van der Waals surface area contributed by atoms with Crippen LogP contribution < -0.4 is 10.8 Å². The molecule has 3 N–H and O–H groups in total. The number of rotatable bonds is 5. The van der Waals surface area contributed by atoms with Crippen LogP contribution >= 0.6 is 0 Å². The van der Waals surface area contributed by atoms with Gasteiger partial charge in [-0.15, -0.1) is 0 Å². The highest BCUT2D eigenvalue weighted by Gasteiger charge is 2.48. The molecule has 7 nitrogen and oxygen atoms in total. The lowest BCUT2D eigenvalue weighted by Crippen LogP contribution is -2.55. The van der Waals surface area contributed by atoms with Gasteiger partial charge in [0.25, 0.3) is 11.8 Å². The summed E-state index contributed by atoms with van der Waals surface area (Å²) in [6.45, 7) is 5.18. The van der Waals surface area contributed by atoms with E-state index in [4.69, 9.17) is 5.21 Å². The summed E-state index contributed by atoms with van der Waals surface area (Å²) in [6, 6.07) is 7.28. The zero-order chi connectivity index (χ0) is 17.9. The Morgan fingerprint density at radius 2 is 1.92 bits per heavy atom. The van der Waals surface area contributed by atoms with Crippen LogP contribution in [0.15, 0.2) is 30.3 Å². The minimum absolute atomic E-state index is 0.445. The van der Waals surface area contributed by atoms with E-state index in [0.29, 0.717) is 12.8 Å². The quantitative estimate of drug-likeness (QED) is 0.431. The van der Waals surface area contributed by atoms with Crippen molar-refractivity contribution >= 4 is 17.8 Å². The van der Waals surface area contributed by atoms with Gasteiger partial charge in [0.1, 0.15) is 12.1 Å². The molecule has 7 heteroatoms. The molecule has 1 unspecified atom stereocenters. The van der Waals surface area contributed by atoms with Crippen molar-refractivity contribution in [3.63, 3.8) is 0 Å². The Labute approximate surface area is 141 Å². The Kier molecular flexibility index (Phi) is 5.23. The third kappa shape index (κ3) is 3.73. The fourth-order valence-corrected chi connectivity index (χ4v) is 2.90. The van der Waals surface area contributed by atoms with E-state index in [1.165, 1.54) is 0 Å². The summed E-state index contributed by atoms with van der Waals surface area (Å²) >= 11 is 0. The second-order valence-corrected chi connectivity index (χ2v) is 6.98. The molecule has 0 radical (unpaired) electrons. The number of carbonyl (C=O) groups is 3. The largest absolute Gasteiger partial charge is 0.326 e. The fourth-order valence-electron chi connectivity index (χ4n) is 2.90. The lowest BCUT2D eigenvalue weighted by atomic mass is 9.85. The van der Waals surface area contributed by atoms with Gasteiger partial charge in [0, 0.05) is 0 Å². The molecule has 0 aromatic heterocycles. The van der Waals surface area contributed by atoms with E-state index in [1.807, 2.05) is 30.3 Å². The van der Waals surface area contributed by atoms with Crippen molar-refractivity contribution in [3.8, 4) is 0 Å². The number of nitrogens with zero attached hydrogens (tertiary/aromatic N) is 1. The van der Waals surface area contributed by atoms with Crippen LogP contribution in [0.1, 0.15) is 32.8 Å². The highest BCUT2D eigenvalue weighted by molar-refractivity contribution is 6.07. The van der Waals surface area contributed by atoms with Crippen molar-refractivity contribution in [2.24, 2.45) is 5.41 Å². The number of urea groups is 1. The summed E-state index contributed by atoms with van der Waals surface area (Å²) in [5.74, 6) is -1.23. The number of aryl methyl sites for hydroxylation is 1. The maximum atomic E-state index is 12.6. The zero-order valence-electron chi connectivity index (χ0n) is 14.1. The van der Waals surface area contributed by atoms with Gasteiger partial charge in [-0.1, -0.05) is 51.1 Å². The number of benzene rings is 1. The molecule has 130 valence electrons. The molecule has 1 fully saturated rings. The Balaban J connectivity index is 2.14. The highest BCUT2D eigenvalue weighted by Crippen LogP contribution is 2.28. The molecule has 1 aliphatic rings. The number of imide groups is 1. The number of carbonyl (C=O) groups excluding carboxylic acids is 3. The Bertz CT molecular complexity index is 624. The van der Waals surface area contributed by atoms with Crippen molar-refractivity contribution in [2.75, 3.05) is 0 Å². The molecule has 1 saturated heterocycles. The zero-order valence-corrected chi connectivity index (χ0v) is 14.1. The molecule has 0 aliphatic carbocycles. The van der Waals surface area contributed by atoms with Crippen molar-refractivity contribution in [1.82, 2.24) is 15.7 Å². The average Bonchev–Trinajstić information content (AvgIpc) is 2.80.